The summed E-state index contributed by atoms with van der Waals surface area (Å²) in [6.45, 7) is 0. The number of carbonyl (C=O) groups is 2. The number of hydrazone groups is 1. The Balaban J connectivity index is 1.38. The van der Waals surface area contributed by atoms with E-state index < -0.39 is 0 Å². The van der Waals surface area contributed by atoms with Crippen molar-refractivity contribution in [1.29, 1.82) is 0 Å². The fourth-order valence-electron chi connectivity index (χ4n) is 4.32. The number of benzene rings is 2. The van der Waals surface area contributed by atoms with Crippen molar-refractivity contribution in [3.05, 3.63) is 70.0 Å². The SMILES string of the molecule is O=C1c2ccccc2C(=O)N1C1CCCC/C(=N\Nc2nc3ccccc3c(=O)[nH]2)C1. The van der Waals surface area contributed by atoms with E-state index in [2.05, 4.69) is 20.5 Å². The van der Waals surface area contributed by atoms with Crippen LogP contribution in [0.25, 0.3) is 10.9 Å². The Labute approximate surface area is 178 Å². The van der Waals surface area contributed by atoms with Gasteiger partial charge in [0, 0.05) is 18.2 Å². The highest BCUT2D eigenvalue weighted by Gasteiger charge is 2.40. The van der Waals surface area contributed by atoms with Crippen LogP contribution in [-0.4, -0.2) is 38.4 Å². The molecule has 0 bridgehead atoms. The summed E-state index contributed by atoms with van der Waals surface area (Å²) in [4.78, 5) is 46.5. The number of nitrogens with one attached hydrogen (secondary N) is 2. The van der Waals surface area contributed by atoms with Crippen molar-refractivity contribution in [2.45, 2.75) is 38.1 Å². The molecule has 31 heavy (non-hydrogen) atoms. The first-order chi connectivity index (χ1) is 15.1. The molecule has 2 heterocycles. The Morgan fingerprint density at radius 1 is 0.968 bits per heavy atom. The van der Waals surface area contributed by atoms with E-state index in [0.717, 1.165) is 31.4 Å². The predicted octanol–water partition coefficient (Wildman–Crippen LogP) is 3.32. The monoisotopic (exact) mass is 415 g/mol. The summed E-state index contributed by atoms with van der Waals surface area (Å²) >= 11 is 0. The van der Waals surface area contributed by atoms with Crippen LogP contribution in [-0.2, 0) is 0 Å². The van der Waals surface area contributed by atoms with Crippen LogP contribution in [0.1, 0.15) is 52.8 Å². The quantitative estimate of drug-likeness (QED) is 0.388. The van der Waals surface area contributed by atoms with Crippen LogP contribution in [0.2, 0.25) is 0 Å². The van der Waals surface area contributed by atoms with Gasteiger partial charge in [-0.05, 0) is 43.5 Å². The molecule has 0 radical (unpaired) electrons. The van der Waals surface area contributed by atoms with Gasteiger partial charge < -0.3 is 0 Å². The van der Waals surface area contributed by atoms with Gasteiger partial charge in [0.05, 0.1) is 22.0 Å². The maximum atomic E-state index is 12.9. The zero-order valence-electron chi connectivity index (χ0n) is 16.8. The topological polar surface area (TPSA) is 108 Å². The van der Waals surface area contributed by atoms with Crippen LogP contribution in [0.3, 0.4) is 0 Å². The van der Waals surface area contributed by atoms with Gasteiger partial charge in [0.15, 0.2) is 0 Å². The Morgan fingerprint density at radius 2 is 1.68 bits per heavy atom. The summed E-state index contributed by atoms with van der Waals surface area (Å²) in [6.07, 6.45) is 3.82. The molecule has 0 spiro atoms. The number of aromatic amines is 1. The number of nitrogens with zero attached hydrogens (tertiary/aromatic N) is 3. The van der Waals surface area contributed by atoms with Crippen LogP contribution in [0.4, 0.5) is 5.95 Å². The van der Waals surface area contributed by atoms with Crippen molar-refractivity contribution in [2.24, 2.45) is 5.10 Å². The number of amides is 2. The van der Waals surface area contributed by atoms with Crippen LogP contribution in [0, 0.1) is 0 Å². The Hall–Kier alpha value is -3.81. The first kappa shape index (κ1) is 19.2. The lowest BCUT2D eigenvalue weighted by Crippen LogP contribution is -2.40. The molecule has 3 aromatic rings. The van der Waals surface area contributed by atoms with E-state index in [1.165, 1.54) is 4.90 Å². The minimum atomic E-state index is -0.238. The summed E-state index contributed by atoms with van der Waals surface area (Å²) in [5.74, 6) is -0.210. The second kappa shape index (κ2) is 7.79. The summed E-state index contributed by atoms with van der Waals surface area (Å²) < 4.78 is 0. The second-order valence-corrected chi connectivity index (χ2v) is 7.85. The van der Waals surface area contributed by atoms with Gasteiger partial charge in [0.1, 0.15) is 0 Å². The normalized spacial score (nSPS) is 20.2. The van der Waals surface area contributed by atoms with Gasteiger partial charge in [-0.15, -0.1) is 0 Å². The predicted molar refractivity (Wildman–Crippen MR) is 117 cm³/mol. The van der Waals surface area contributed by atoms with E-state index in [4.69, 9.17) is 0 Å². The van der Waals surface area contributed by atoms with Crippen molar-refractivity contribution >= 4 is 34.4 Å². The first-order valence-corrected chi connectivity index (χ1v) is 10.4. The van der Waals surface area contributed by atoms with Gasteiger partial charge >= 0.3 is 0 Å². The molecule has 2 aromatic carbocycles. The zero-order chi connectivity index (χ0) is 21.4. The van der Waals surface area contributed by atoms with Crippen LogP contribution in [0.15, 0.2) is 58.4 Å². The van der Waals surface area contributed by atoms with Crippen LogP contribution >= 0.6 is 0 Å². The number of H-pyrrole nitrogens is 1. The van der Waals surface area contributed by atoms with Gasteiger partial charge in [-0.2, -0.15) is 5.10 Å². The Kier molecular flexibility index (Phi) is 4.82. The number of fused-ring (bicyclic) bond motifs is 2. The highest BCUT2D eigenvalue weighted by molar-refractivity contribution is 6.21. The number of rotatable bonds is 3. The first-order valence-electron chi connectivity index (χ1n) is 10.4. The fourth-order valence-corrected chi connectivity index (χ4v) is 4.32. The summed E-state index contributed by atoms with van der Waals surface area (Å²) in [5, 5.41) is 4.98. The molecular weight excluding hydrogens is 394 g/mol. The number of hydrogen-bond acceptors (Lipinski definition) is 6. The molecule has 1 unspecified atom stereocenters. The number of imide groups is 1. The van der Waals surface area contributed by atoms with E-state index in [1.54, 1.807) is 42.5 Å². The van der Waals surface area contributed by atoms with Crippen molar-refractivity contribution in [3.8, 4) is 0 Å². The Morgan fingerprint density at radius 3 is 2.45 bits per heavy atom. The molecule has 5 rings (SSSR count). The molecule has 1 aliphatic heterocycles. The molecule has 1 aliphatic carbocycles. The molecule has 1 aromatic heterocycles. The van der Waals surface area contributed by atoms with Crippen molar-refractivity contribution in [1.82, 2.24) is 14.9 Å². The molecule has 2 amide bonds. The van der Waals surface area contributed by atoms with E-state index in [1.807, 2.05) is 6.07 Å². The number of anilines is 1. The van der Waals surface area contributed by atoms with Crippen molar-refractivity contribution in [3.63, 3.8) is 0 Å². The lowest BCUT2D eigenvalue weighted by atomic mass is 10.1. The molecule has 8 nitrogen and oxygen atoms in total. The minimum Gasteiger partial charge on any atom is -0.291 e. The summed E-state index contributed by atoms with van der Waals surface area (Å²) in [6, 6.07) is 13.8. The van der Waals surface area contributed by atoms with E-state index in [9.17, 15) is 14.4 Å². The zero-order valence-corrected chi connectivity index (χ0v) is 16.8. The highest BCUT2D eigenvalue weighted by atomic mass is 16.2. The third kappa shape index (κ3) is 3.50. The number of para-hydroxylation sites is 1. The average Bonchev–Trinajstić information content (AvgIpc) is 2.93. The third-order valence-corrected chi connectivity index (χ3v) is 5.85. The van der Waals surface area contributed by atoms with Gasteiger partial charge in [-0.25, -0.2) is 10.4 Å². The average molecular weight is 415 g/mol. The maximum absolute atomic E-state index is 12.9. The van der Waals surface area contributed by atoms with Crippen molar-refractivity contribution in [2.75, 3.05) is 5.43 Å². The fraction of sp³-hybridized carbons (Fsp3) is 0.261. The van der Waals surface area contributed by atoms with Gasteiger partial charge in [-0.3, -0.25) is 24.3 Å². The van der Waals surface area contributed by atoms with Crippen LogP contribution in [0.5, 0.6) is 0 Å². The third-order valence-electron chi connectivity index (χ3n) is 5.85. The lowest BCUT2D eigenvalue weighted by molar-refractivity contribution is 0.0581. The largest absolute Gasteiger partial charge is 0.291 e. The minimum absolute atomic E-state index is 0.236. The number of hydrogen-bond donors (Lipinski definition) is 2. The second-order valence-electron chi connectivity index (χ2n) is 7.85. The highest BCUT2D eigenvalue weighted by Crippen LogP contribution is 2.29. The molecule has 1 atom stereocenters. The van der Waals surface area contributed by atoms with Crippen LogP contribution < -0.4 is 11.0 Å². The lowest BCUT2D eigenvalue weighted by Gasteiger charge is -2.25. The van der Waals surface area contributed by atoms with Gasteiger partial charge in [-0.1, -0.05) is 30.7 Å². The molecular formula is C23H21N5O3. The van der Waals surface area contributed by atoms with E-state index >= 15 is 0 Å². The molecule has 0 saturated heterocycles. The Bertz CT molecular complexity index is 1240. The number of carbonyl (C=O) groups excluding carboxylic acids is 2. The molecule has 156 valence electrons. The van der Waals surface area contributed by atoms with E-state index in [-0.39, 0.29) is 29.4 Å². The molecule has 1 saturated carbocycles. The molecule has 8 heteroatoms. The molecule has 2 aliphatic rings. The summed E-state index contributed by atoms with van der Waals surface area (Å²) in [7, 11) is 0. The van der Waals surface area contributed by atoms with Gasteiger partial charge in [0.2, 0.25) is 5.95 Å². The molecule has 2 N–H and O–H groups in total. The van der Waals surface area contributed by atoms with Gasteiger partial charge in [0.25, 0.3) is 17.4 Å². The smallest absolute Gasteiger partial charge is 0.261 e. The van der Waals surface area contributed by atoms with Crippen molar-refractivity contribution < 1.29 is 9.59 Å². The summed E-state index contributed by atoms with van der Waals surface area (Å²) in [5.41, 5.74) is 4.97. The molecule has 1 fully saturated rings. The van der Waals surface area contributed by atoms with E-state index in [0.29, 0.717) is 28.5 Å². The standard InChI is InChI=1S/C23H21N5O3/c29-20-18-11-5-6-12-19(18)24-23(25-20)27-26-14-7-1-2-8-15(13-14)28-21(30)16-9-3-4-10-17(16)22(28)31/h3-6,9-12,15H,1-2,7-8,13H2,(H2,24,25,27,29)/b26-14+. The number of aromatic nitrogens is 2. The maximum Gasteiger partial charge on any atom is 0.261 e.